The molecule has 0 fully saturated rings. The first-order valence-corrected chi connectivity index (χ1v) is 11.1. The number of amides is 1. The normalized spacial score (nSPS) is 13.0. The Balaban J connectivity index is 1.38. The highest BCUT2D eigenvalue weighted by Crippen LogP contribution is 2.28. The van der Waals surface area contributed by atoms with E-state index in [4.69, 9.17) is 4.98 Å². The summed E-state index contributed by atoms with van der Waals surface area (Å²) in [6.07, 6.45) is 12.6. The third-order valence-corrected chi connectivity index (χ3v) is 6.13. The first-order chi connectivity index (χ1) is 16.8. The van der Waals surface area contributed by atoms with Crippen LogP contribution in [0.2, 0.25) is 0 Å². The van der Waals surface area contributed by atoms with Crippen molar-refractivity contribution in [1.82, 2.24) is 24.3 Å². The minimum Gasteiger partial charge on any atom is -0.330 e. The van der Waals surface area contributed by atoms with Crippen LogP contribution in [0.1, 0.15) is 16.8 Å². The van der Waals surface area contributed by atoms with Crippen molar-refractivity contribution in [3.8, 4) is 22.4 Å². The molecule has 0 radical (unpaired) electrons. The molecule has 0 aliphatic carbocycles. The second-order valence-electron chi connectivity index (χ2n) is 8.27. The smallest absolute Gasteiger partial charge is 0.247 e. The molecule has 1 aromatic carbocycles. The summed E-state index contributed by atoms with van der Waals surface area (Å²) in [4.78, 5) is 28.3. The van der Waals surface area contributed by atoms with Gasteiger partial charge in [-0.25, -0.2) is 4.98 Å². The molecule has 34 heavy (non-hydrogen) atoms. The van der Waals surface area contributed by atoms with Crippen molar-refractivity contribution in [3.63, 3.8) is 0 Å². The topological polar surface area (TPSA) is 63.4 Å². The van der Waals surface area contributed by atoms with Crippen LogP contribution in [0, 0.1) is 0 Å². The van der Waals surface area contributed by atoms with Crippen LogP contribution in [0.4, 0.5) is 0 Å². The largest absolute Gasteiger partial charge is 0.330 e. The third kappa shape index (κ3) is 3.65. The van der Waals surface area contributed by atoms with E-state index in [0.717, 1.165) is 33.7 Å². The SMILES string of the molecule is O=C(/C=C/c1c(-c2cccnc2)nc2cc(-c3cccnc3)ccn12)N1Cc2ccccc2C1. The second kappa shape index (κ2) is 8.41. The van der Waals surface area contributed by atoms with Crippen molar-refractivity contribution in [1.29, 1.82) is 0 Å². The number of fused-ring (bicyclic) bond motifs is 2. The molecule has 0 atom stereocenters. The Morgan fingerprint density at radius 3 is 2.21 bits per heavy atom. The molecule has 0 saturated carbocycles. The summed E-state index contributed by atoms with van der Waals surface area (Å²) >= 11 is 0. The van der Waals surface area contributed by atoms with E-state index in [1.54, 1.807) is 24.7 Å². The number of carbonyl (C=O) groups excluding carboxylic acids is 1. The first kappa shape index (κ1) is 20.1. The Kier molecular flexibility index (Phi) is 4.96. The lowest BCUT2D eigenvalue weighted by atomic mass is 10.1. The zero-order valence-corrected chi connectivity index (χ0v) is 18.4. The van der Waals surface area contributed by atoms with E-state index in [1.165, 1.54) is 11.1 Å². The minimum atomic E-state index is -0.0183. The van der Waals surface area contributed by atoms with Gasteiger partial charge in [-0.3, -0.25) is 19.2 Å². The van der Waals surface area contributed by atoms with Crippen LogP contribution in [0.15, 0.2) is 97.7 Å². The quantitative estimate of drug-likeness (QED) is 0.366. The summed E-state index contributed by atoms with van der Waals surface area (Å²) in [5.41, 5.74) is 7.78. The molecule has 1 amide bonds. The van der Waals surface area contributed by atoms with Crippen LogP contribution in [0.25, 0.3) is 34.1 Å². The van der Waals surface area contributed by atoms with E-state index in [-0.39, 0.29) is 5.91 Å². The number of carbonyl (C=O) groups is 1. The maximum atomic E-state index is 13.0. The highest BCUT2D eigenvalue weighted by Gasteiger charge is 2.21. The molecule has 1 aliphatic heterocycles. The van der Waals surface area contributed by atoms with Crippen molar-refractivity contribution < 1.29 is 4.79 Å². The van der Waals surface area contributed by atoms with E-state index in [0.29, 0.717) is 13.1 Å². The molecule has 5 aromatic rings. The monoisotopic (exact) mass is 443 g/mol. The number of imidazole rings is 1. The number of pyridine rings is 3. The van der Waals surface area contributed by atoms with Gasteiger partial charge in [0.05, 0.1) is 11.4 Å². The Labute approximate surface area is 196 Å². The van der Waals surface area contributed by atoms with Gasteiger partial charge in [0.2, 0.25) is 5.91 Å². The number of rotatable bonds is 4. The molecule has 0 N–H and O–H groups in total. The summed E-state index contributed by atoms with van der Waals surface area (Å²) in [7, 11) is 0. The highest BCUT2D eigenvalue weighted by molar-refractivity contribution is 5.93. The Bertz CT molecular complexity index is 1500. The fraction of sp³-hybridized carbons (Fsp3) is 0.0714. The predicted molar refractivity (Wildman–Crippen MR) is 131 cm³/mol. The number of nitrogens with zero attached hydrogens (tertiary/aromatic N) is 5. The van der Waals surface area contributed by atoms with Crippen molar-refractivity contribution in [2.24, 2.45) is 0 Å². The predicted octanol–water partition coefficient (Wildman–Crippen LogP) is 5.01. The van der Waals surface area contributed by atoms with E-state index in [9.17, 15) is 4.79 Å². The summed E-state index contributed by atoms with van der Waals surface area (Å²) in [5.74, 6) is -0.0183. The molecular weight excluding hydrogens is 422 g/mol. The Morgan fingerprint density at radius 1 is 0.824 bits per heavy atom. The van der Waals surface area contributed by atoms with Crippen LogP contribution >= 0.6 is 0 Å². The van der Waals surface area contributed by atoms with Gasteiger partial charge in [-0.05, 0) is 53.1 Å². The minimum absolute atomic E-state index is 0.0183. The average Bonchev–Trinajstić information content (AvgIpc) is 3.49. The molecule has 5 heterocycles. The van der Waals surface area contributed by atoms with Gasteiger partial charge < -0.3 is 4.90 Å². The summed E-state index contributed by atoms with van der Waals surface area (Å²) in [6, 6.07) is 20.1. The fourth-order valence-electron chi connectivity index (χ4n) is 4.40. The molecule has 0 spiro atoms. The van der Waals surface area contributed by atoms with Gasteiger partial charge in [-0.15, -0.1) is 0 Å². The summed E-state index contributed by atoms with van der Waals surface area (Å²) in [6.45, 7) is 1.27. The zero-order valence-electron chi connectivity index (χ0n) is 18.4. The van der Waals surface area contributed by atoms with Crippen molar-refractivity contribution in [2.45, 2.75) is 13.1 Å². The molecule has 6 nitrogen and oxygen atoms in total. The van der Waals surface area contributed by atoms with Gasteiger partial charge in [0.15, 0.2) is 0 Å². The standard InChI is InChI=1S/C28H21N5O/c34-27(32-18-23-5-1-2-6-24(23)19-32)10-9-25-28(22-8-4-13-30-17-22)31-26-15-20(11-14-33(25)26)21-7-3-12-29-16-21/h1-17H,18-19H2/b10-9+. The molecule has 4 aromatic heterocycles. The maximum Gasteiger partial charge on any atom is 0.247 e. The maximum absolute atomic E-state index is 13.0. The van der Waals surface area contributed by atoms with Gasteiger partial charge in [-0.1, -0.05) is 30.3 Å². The summed E-state index contributed by atoms with van der Waals surface area (Å²) in [5, 5.41) is 0. The van der Waals surface area contributed by atoms with E-state index in [1.807, 2.05) is 76.3 Å². The van der Waals surface area contributed by atoms with E-state index >= 15 is 0 Å². The second-order valence-corrected chi connectivity index (χ2v) is 8.27. The van der Waals surface area contributed by atoms with Gasteiger partial charge in [-0.2, -0.15) is 0 Å². The van der Waals surface area contributed by atoms with Crippen LogP contribution in [-0.2, 0) is 17.9 Å². The first-order valence-electron chi connectivity index (χ1n) is 11.1. The lowest BCUT2D eigenvalue weighted by molar-refractivity contribution is -0.126. The summed E-state index contributed by atoms with van der Waals surface area (Å²) < 4.78 is 2.00. The number of benzene rings is 1. The Hall–Kier alpha value is -4.58. The fourth-order valence-corrected chi connectivity index (χ4v) is 4.40. The molecule has 0 bridgehead atoms. The lowest BCUT2D eigenvalue weighted by Crippen LogP contribution is -2.22. The van der Waals surface area contributed by atoms with E-state index < -0.39 is 0 Å². The van der Waals surface area contributed by atoms with Gasteiger partial charge in [0, 0.05) is 61.3 Å². The lowest BCUT2D eigenvalue weighted by Gasteiger charge is -2.12. The molecule has 0 unspecified atom stereocenters. The number of hydrogen-bond donors (Lipinski definition) is 0. The van der Waals surface area contributed by atoms with Gasteiger partial charge >= 0.3 is 0 Å². The highest BCUT2D eigenvalue weighted by atomic mass is 16.2. The molecule has 164 valence electrons. The molecule has 0 saturated heterocycles. The third-order valence-electron chi connectivity index (χ3n) is 6.13. The van der Waals surface area contributed by atoms with Crippen LogP contribution in [0.5, 0.6) is 0 Å². The van der Waals surface area contributed by atoms with Crippen LogP contribution in [-0.4, -0.2) is 30.2 Å². The number of aromatic nitrogens is 4. The van der Waals surface area contributed by atoms with Gasteiger partial charge in [0.1, 0.15) is 5.65 Å². The van der Waals surface area contributed by atoms with E-state index in [2.05, 4.69) is 22.1 Å². The molecule has 6 rings (SSSR count). The van der Waals surface area contributed by atoms with Crippen molar-refractivity contribution >= 4 is 17.6 Å². The van der Waals surface area contributed by atoms with Crippen molar-refractivity contribution in [2.75, 3.05) is 0 Å². The van der Waals surface area contributed by atoms with Gasteiger partial charge in [0.25, 0.3) is 0 Å². The van der Waals surface area contributed by atoms with Crippen LogP contribution in [0.3, 0.4) is 0 Å². The van der Waals surface area contributed by atoms with Crippen LogP contribution < -0.4 is 0 Å². The average molecular weight is 444 g/mol. The number of hydrogen-bond acceptors (Lipinski definition) is 4. The van der Waals surface area contributed by atoms with Crippen molar-refractivity contribution in [3.05, 3.63) is 115 Å². The zero-order chi connectivity index (χ0) is 22.9. The molecule has 1 aliphatic rings. The Morgan fingerprint density at radius 2 is 1.53 bits per heavy atom. The molecule has 6 heteroatoms. The molecular formula is C28H21N5O.